The van der Waals surface area contributed by atoms with Gasteiger partial charge in [-0.25, -0.2) is 0 Å². The van der Waals surface area contributed by atoms with Crippen LogP contribution in [0, 0.1) is 6.92 Å². The fraction of sp³-hybridized carbons (Fsp3) is 0.556. The van der Waals surface area contributed by atoms with E-state index in [0.717, 1.165) is 10.7 Å². The molecule has 4 heteroatoms. The number of nitrogens with two attached hydrogens (primary N) is 1. The number of hydrogen-bond acceptors (Lipinski definition) is 4. The molecule has 1 heterocycles. The SMILES string of the molecule is Cc1occc1SC(CO)C(C)N. The van der Waals surface area contributed by atoms with Crippen LogP contribution in [0.5, 0.6) is 0 Å². The Balaban J connectivity index is 2.62. The number of furan rings is 1. The van der Waals surface area contributed by atoms with E-state index < -0.39 is 0 Å². The molecule has 0 fully saturated rings. The van der Waals surface area contributed by atoms with Gasteiger partial charge in [0.1, 0.15) is 5.76 Å². The quantitative estimate of drug-likeness (QED) is 0.723. The first-order chi connectivity index (χ1) is 6.15. The third kappa shape index (κ3) is 2.76. The van der Waals surface area contributed by atoms with Gasteiger partial charge in [-0.05, 0) is 19.9 Å². The molecule has 0 aliphatic carbocycles. The third-order valence-corrected chi connectivity index (χ3v) is 3.41. The number of rotatable bonds is 4. The molecule has 3 N–H and O–H groups in total. The van der Waals surface area contributed by atoms with Gasteiger partial charge in [-0.1, -0.05) is 0 Å². The lowest BCUT2D eigenvalue weighted by atomic mass is 10.3. The molecule has 0 spiro atoms. The summed E-state index contributed by atoms with van der Waals surface area (Å²) in [6, 6.07) is 1.87. The molecule has 2 unspecified atom stereocenters. The Kier molecular flexibility index (Phi) is 3.84. The molecule has 3 nitrogen and oxygen atoms in total. The van der Waals surface area contributed by atoms with Crippen LogP contribution in [0.1, 0.15) is 12.7 Å². The molecule has 0 radical (unpaired) electrons. The van der Waals surface area contributed by atoms with Crippen molar-refractivity contribution in [3.8, 4) is 0 Å². The van der Waals surface area contributed by atoms with Crippen LogP contribution in [0.15, 0.2) is 21.6 Å². The second kappa shape index (κ2) is 4.69. The summed E-state index contributed by atoms with van der Waals surface area (Å²) < 4.78 is 5.15. The molecule has 0 aliphatic rings. The minimum absolute atomic E-state index is 0.0238. The van der Waals surface area contributed by atoms with E-state index in [9.17, 15) is 0 Å². The maximum Gasteiger partial charge on any atom is 0.114 e. The van der Waals surface area contributed by atoms with Crippen LogP contribution in [-0.2, 0) is 0 Å². The van der Waals surface area contributed by atoms with Crippen LogP contribution in [0.3, 0.4) is 0 Å². The fourth-order valence-corrected chi connectivity index (χ4v) is 1.93. The van der Waals surface area contributed by atoms with Crippen molar-refractivity contribution in [2.75, 3.05) is 6.61 Å². The van der Waals surface area contributed by atoms with Gasteiger partial charge in [-0.15, -0.1) is 11.8 Å². The summed E-state index contributed by atoms with van der Waals surface area (Å²) in [5.41, 5.74) is 5.70. The second-order valence-electron chi connectivity index (χ2n) is 3.04. The first-order valence-corrected chi connectivity index (χ1v) is 5.10. The molecule has 0 saturated heterocycles. The summed E-state index contributed by atoms with van der Waals surface area (Å²) in [7, 11) is 0. The van der Waals surface area contributed by atoms with Crippen LogP contribution in [0.2, 0.25) is 0 Å². The Morgan fingerprint density at radius 3 is 2.77 bits per heavy atom. The van der Waals surface area contributed by atoms with Gasteiger partial charge in [-0.3, -0.25) is 0 Å². The third-order valence-electron chi connectivity index (χ3n) is 1.86. The predicted octanol–water partition coefficient (Wildman–Crippen LogP) is 1.39. The summed E-state index contributed by atoms with van der Waals surface area (Å²) in [5, 5.41) is 9.09. The Hall–Kier alpha value is -0.450. The van der Waals surface area contributed by atoms with Gasteiger partial charge in [0.2, 0.25) is 0 Å². The van der Waals surface area contributed by atoms with Crippen LogP contribution >= 0.6 is 11.8 Å². The monoisotopic (exact) mass is 201 g/mol. The molecule has 74 valence electrons. The van der Waals surface area contributed by atoms with E-state index in [1.165, 1.54) is 0 Å². The molecule has 0 bridgehead atoms. The van der Waals surface area contributed by atoms with E-state index in [-0.39, 0.29) is 17.9 Å². The summed E-state index contributed by atoms with van der Waals surface area (Å²) >= 11 is 1.56. The number of aryl methyl sites for hydroxylation is 1. The molecular weight excluding hydrogens is 186 g/mol. The number of aliphatic hydroxyl groups excluding tert-OH is 1. The zero-order chi connectivity index (χ0) is 9.84. The lowest BCUT2D eigenvalue weighted by Gasteiger charge is -2.16. The zero-order valence-electron chi connectivity index (χ0n) is 7.86. The molecule has 13 heavy (non-hydrogen) atoms. The summed E-state index contributed by atoms with van der Waals surface area (Å²) in [6.07, 6.45) is 1.65. The summed E-state index contributed by atoms with van der Waals surface area (Å²) in [6.45, 7) is 3.88. The summed E-state index contributed by atoms with van der Waals surface area (Å²) in [5.74, 6) is 0.879. The van der Waals surface area contributed by atoms with E-state index in [4.69, 9.17) is 15.3 Å². The van der Waals surface area contributed by atoms with Crippen molar-refractivity contribution in [2.24, 2.45) is 5.73 Å². The van der Waals surface area contributed by atoms with Gasteiger partial charge < -0.3 is 15.3 Å². The lowest BCUT2D eigenvalue weighted by molar-refractivity contribution is 0.285. The van der Waals surface area contributed by atoms with Crippen molar-refractivity contribution in [3.63, 3.8) is 0 Å². The standard InChI is InChI=1S/C9H15NO2S/c1-6(10)9(5-11)13-8-3-4-12-7(8)2/h3-4,6,9,11H,5,10H2,1-2H3. The highest BCUT2D eigenvalue weighted by atomic mass is 32.2. The first kappa shape index (κ1) is 10.6. The van der Waals surface area contributed by atoms with Gasteiger partial charge in [0.25, 0.3) is 0 Å². The largest absolute Gasteiger partial charge is 0.468 e. The van der Waals surface area contributed by atoms with Crippen LogP contribution in [0.4, 0.5) is 0 Å². The fourth-order valence-electron chi connectivity index (χ4n) is 0.970. The highest BCUT2D eigenvalue weighted by Gasteiger charge is 2.15. The van der Waals surface area contributed by atoms with Crippen molar-refractivity contribution >= 4 is 11.8 Å². The van der Waals surface area contributed by atoms with Crippen LogP contribution < -0.4 is 5.73 Å². The van der Waals surface area contributed by atoms with Crippen molar-refractivity contribution in [1.29, 1.82) is 0 Å². The topological polar surface area (TPSA) is 59.4 Å². The average molecular weight is 201 g/mol. The van der Waals surface area contributed by atoms with Gasteiger partial charge in [-0.2, -0.15) is 0 Å². The van der Waals surface area contributed by atoms with Crippen LogP contribution in [0.25, 0.3) is 0 Å². The highest BCUT2D eigenvalue weighted by Crippen LogP contribution is 2.28. The Morgan fingerprint density at radius 1 is 1.69 bits per heavy atom. The number of aliphatic hydroxyl groups is 1. The smallest absolute Gasteiger partial charge is 0.114 e. The van der Waals surface area contributed by atoms with E-state index in [0.29, 0.717) is 0 Å². The molecule has 0 amide bonds. The maximum atomic E-state index is 9.05. The second-order valence-corrected chi connectivity index (χ2v) is 4.32. The van der Waals surface area contributed by atoms with Gasteiger partial charge in [0.05, 0.1) is 12.9 Å². The van der Waals surface area contributed by atoms with E-state index in [2.05, 4.69) is 0 Å². The van der Waals surface area contributed by atoms with E-state index >= 15 is 0 Å². The average Bonchev–Trinajstić information content (AvgIpc) is 2.46. The molecular formula is C9H15NO2S. The van der Waals surface area contributed by atoms with Gasteiger partial charge in [0, 0.05) is 16.2 Å². The molecule has 0 aromatic carbocycles. The molecule has 0 saturated carbocycles. The molecule has 1 aromatic heterocycles. The zero-order valence-corrected chi connectivity index (χ0v) is 8.67. The summed E-state index contributed by atoms with van der Waals surface area (Å²) in [4.78, 5) is 1.05. The van der Waals surface area contributed by atoms with Gasteiger partial charge in [0.15, 0.2) is 0 Å². The highest BCUT2D eigenvalue weighted by molar-refractivity contribution is 8.00. The van der Waals surface area contributed by atoms with Gasteiger partial charge >= 0.3 is 0 Å². The van der Waals surface area contributed by atoms with E-state index in [1.54, 1.807) is 18.0 Å². The van der Waals surface area contributed by atoms with E-state index in [1.807, 2.05) is 19.9 Å². The Labute approximate surface area is 82.3 Å². The minimum Gasteiger partial charge on any atom is -0.468 e. The number of hydrogen-bond donors (Lipinski definition) is 2. The van der Waals surface area contributed by atoms with Crippen molar-refractivity contribution in [1.82, 2.24) is 0 Å². The Morgan fingerprint density at radius 2 is 2.38 bits per heavy atom. The molecule has 1 rings (SSSR count). The van der Waals surface area contributed by atoms with Crippen molar-refractivity contribution < 1.29 is 9.52 Å². The molecule has 1 aromatic rings. The predicted molar refractivity (Wildman–Crippen MR) is 53.8 cm³/mol. The Bertz CT molecular complexity index is 260. The van der Waals surface area contributed by atoms with Crippen molar-refractivity contribution in [2.45, 2.75) is 30.0 Å². The maximum absolute atomic E-state index is 9.05. The number of thioether (sulfide) groups is 1. The molecule has 2 atom stereocenters. The van der Waals surface area contributed by atoms with Crippen LogP contribution in [-0.4, -0.2) is 23.0 Å². The normalized spacial score (nSPS) is 15.7. The lowest BCUT2D eigenvalue weighted by Crippen LogP contribution is -2.31. The van der Waals surface area contributed by atoms with Crippen molar-refractivity contribution in [3.05, 3.63) is 18.1 Å². The minimum atomic E-state index is -0.0238. The molecule has 0 aliphatic heterocycles. The first-order valence-electron chi connectivity index (χ1n) is 4.22.